The Kier molecular flexibility index (Phi) is 2.06. The summed E-state index contributed by atoms with van der Waals surface area (Å²) in [6, 6.07) is 6.09. The molecule has 0 unspecified atom stereocenters. The van der Waals surface area contributed by atoms with Gasteiger partial charge in [0.05, 0.1) is 13.7 Å². The molecular formula is C12H15NO2. The number of ether oxygens (including phenoxy) is 2. The highest BCUT2D eigenvalue weighted by Gasteiger charge is 2.34. The number of hydrogen-bond donors (Lipinski definition) is 1. The third-order valence-electron chi connectivity index (χ3n) is 3.41. The van der Waals surface area contributed by atoms with Gasteiger partial charge >= 0.3 is 0 Å². The van der Waals surface area contributed by atoms with Gasteiger partial charge in [-0.1, -0.05) is 0 Å². The minimum Gasteiger partial charge on any atom is -0.497 e. The van der Waals surface area contributed by atoms with Crippen molar-refractivity contribution in [3.8, 4) is 11.5 Å². The molecule has 80 valence electrons. The zero-order valence-corrected chi connectivity index (χ0v) is 8.82. The van der Waals surface area contributed by atoms with Crippen LogP contribution in [0.5, 0.6) is 11.5 Å². The van der Waals surface area contributed by atoms with E-state index < -0.39 is 0 Å². The van der Waals surface area contributed by atoms with Crippen LogP contribution in [0.25, 0.3) is 0 Å². The molecule has 2 atom stereocenters. The topological polar surface area (TPSA) is 30.5 Å². The minimum absolute atomic E-state index is 0.601. The Bertz CT molecular complexity index is 378. The molecular weight excluding hydrogens is 190 g/mol. The highest BCUT2D eigenvalue weighted by molar-refractivity contribution is 5.44. The predicted octanol–water partition coefficient (Wildman–Crippen LogP) is 1.39. The number of fused-ring (bicyclic) bond motifs is 3. The average molecular weight is 205 g/mol. The summed E-state index contributed by atoms with van der Waals surface area (Å²) >= 11 is 0. The number of methoxy groups -OCH3 is 1. The summed E-state index contributed by atoms with van der Waals surface area (Å²) in [5.74, 6) is 3.18. The quantitative estimate of drug-likeness (QED) is 0.751. The van der Waals surface area contributed by atoms with Crippen LogP contribution >= 0.6 is 0 Å². The molecule has 2 aliphatic heterocycles. The summed E-state index contributed by atoms with van der Waals surface area (Å²) < 4.78 is 11.0. The zero-order chi connectivity index (χ0) is 10.3. The standard InChI is InChI=1S/C12H15NO2/c1-14-9-2-3-12-10(4-9)11-6-13-5-8(11)7-15-12/h2-4,8,11,13H,5-7H2,1H3/t8-,11+/m1/s1. The second-order valence-corrected chi connectivity index (χ2v) is 4.24. The van der Waals surface area contributed by atoms with Gasteiger partial charge in [0.15, 0.2) is 0 Å². The Morgan fingerprint density at radius 2 is 2.33 bits per heavy atom. The van der Waals surface area contributed by atoms with Gasteiger partial charge in [0.25, 0.3) is 0 Å². The fourth-order valence-corrected chi connectivity index (χ4v) is 2.54. The maximum atomic E-state index is 5.74. The van der Waals surface area contributed by atoms with E-state index in [0.29, 0.717) is 11.8 Å². The lowest BCUT2D eigenvalue weighted by molar-refractivity contribution is 0.219. The van der Waals surface area contributed by atoms with Crippen molar-refractivity contribution in [2.24, 2.45) is 5.92 Å². The molecule has 1 aromatic carbocycles. The number of nitrogens with one attached hydrogen (secondary N) is 1. The normalized spacial score (nSPS) is 27.8. The SMILES string of the molecule is COc1ccc2c(c1)[C@H]1CNC[C@@H]1CO2. The van der Waals surface area contributed by atoms with Crippen LogP contribution in [0.4, 0.5) is 0 Å². The molecule has 0 spiro atoms. The van der Waals surface area contributed by atoms with Crippen LogP contribution in [-0.2, 0) is 0 Å². The van der Waals surface area contributed by atoms with Gasteiger partial charge in [-0.25, -0.2) is 0 Å². The molecule has 1 fully saturated rings. The van der Waals surface area contributed by atoms with E-state index >= 15 is 0 Å². The van der Waals surface area contributed by atoms with Crippen LogP contribution in [-0.4, -0.2) is 26.8 Å². The lowest BCUT2D eigenvalue weighted by atomic mass is 9.87. The first-order valence-corrected chi connectivity index (χ1v) is 5.40. The molecule has 1 saturated heterocycles. The summed E-state index contributed by atoms with van der Waals surface area (Å²) in [6.45, 7) is 2.98. The molecule has 3 nitrogen and oxygen atoms in total. The van der Waals surface area contributed by atoms with Crippen molar-refractivity contribution in [2.75, 3.05) is 26.8 Å². The lowest BCUT2D eigenvalue weighted by Gasteiger charge is -2.28. The molecule has 3 heteroatoms. The Balaban J connectivity index is 2.03. The molecule has 0 saturated carbocycles. The Morgan fingerprint density at radius 3 is 3.20 bits per heavy atom. The summed E-state index contributed by atoms with van der Waals surface area (Å²) in [5, 5.41) is 3.42. The van der Waals surface area contributed by atoms with Crippen molar-refractivity contribution in [3.05, 3.63) is 23.8 Å². The van der Waals surface area contributed by atoms with E-state index in [4.69, 9.17) is 9.47 Å². The molecule has 0 aliphatic carbocycles. The van der Waals surface area contributed by atoms with Crippen molar-refractivity contribution < 1.29 is 9.47 Å². The molecule has 2 heterocycles. The van der Waals surface area contributed by atoms with Crippen LogP contribution < -0.4 is 14.8 Å². The number of hydrogen-bond acceptors (Lipinski definition) is 3. The first-order valence-electron chi connectivity index (χ1n) is 5.40. The molecule has 2 aliphatic rings. The molecule has 0 amide bonds. The average Bonchev–Trinajstić information content (AvgIpc) is 2.76. The fraction of sp³-hybridized carbons (Fsp3) is 0.500. The smallest absolute Gasteiger partial charge is 0.123 e. The van der Waals surface area contributed by atoms with Gasteiger partial charge < -0.3 is 14.8 Å². The van der Waals surface area contributed by atoms with Gasteiger partial charge in [0, 0.05) is 30.5 Å². The summed E-state index contributed by atoms with van der Waals surface area (Å²) in [4.78, 5) is 0. The predicted molar refractivity (Wildman–Crippen MR) is 57.6 cm³/mol. The second kappa shape index (κ2) is 3.42. The lowest BCUT2D eigenvalue weighted by Crippen LogP contribution is -2.24. The fourth-order valence-electron chi connectivity index (χ4n) is 2.54. The summed E-state index contributed by atoms with van der Waals surface area (Å²) in [5.41, 5.74) is 1.30. The van der Waals surface area contributed by atoms with Crippen LogP contribution in [0.2, 0.25) is 0 Å². The van der Waals surface area contributed by atoms with Crippen LogP contribution in [0.1, 0.15) is 11.5 Å². The van der Waals surface area contributed by atoms with Gasteiger partial charge in [-0.05, 0) is 18.2 Å². The highest BCUT2D eigenvalue weighted by atomic mass is 16.5. The molecule has 0 aromatic heterocycles. The Hall–Kier alpha value is -1.22. The number of benzene rings is 1. The van der Waals surface area contributed by atoms with E-state index in [1.54, 1.807) is 7.11 Å². The molecule has 0 bridgehead atoms. The van der Waals surface area contributed by atoms with Gasteiger partial charge in [-0.15, -0.1) is 0 Å². The third kappa shape index (κ3) is 1.38. The monoisotopic (exact) mass is 205 g/mol. The van der Waals surface area contributed by atoms with Gasteiger partial charge in [-0.2, -0.15) is 0 Å². The summed E-state index contributed by atoms with van der Waals surface area (Å²) in [6.07, 6.45) is 0. The van der Waals surface area contributed by atoms with E-state index in [1.165, 1.54) is 5.56 Å². The second-order valence-electron chi connectivity index (χ2n) is 4.24. The Morgan fingerprint density at radius 1 is 1.40 bits per heavy atom. The van der Waals surface area contributed by atoms with Gasteiger partial charge in [-0.3, -0.25) is 0 Å². The largest absolute Gasteiger partial charge is 0.497 e. The van der Waals surface area contributed by atoms with Crippen molar-refractivity contribution >= 4 is 0 Å². The molecule has 3 rings (SSSR count). The Labute approximate surface area is 89.4 Å². The van der Waals surface area contributed by atoms with Crippen LogP contribution in [0.15, 0.2) is 18.2 Å². The molecule has 0 radical (unpaired) electrons. The number of rotatable bonds is 1. The minimum atomic E-state index is 0.601. The van der Waals surface area contributed by atoms with E-state index in [2.05, 4.69) is 11.4 Å². The maximum Gasteiger partial charge on any atom is 0.123 e. The highest BCUT2D eigenvalue weighted by Crippen LogP contribution is 2.40. The molecule has 1 N–H and O–H groups in total. The van der Waals surface area contributed by atoms with E-state index in [1.807, 2.05) is 12.1 Å². The van der Waals surface area contributed by atoms with Crippen molar-refractivity contribution in [3.63, 3.8) is 0 Å². The first kappa shape index (κ1) is 9.04. The molecule has 1 aromatic rings. The van der Waals surface area contributed by atoms with Crippen molar-refractivity contribution in [1.29, 1.82) is 0 Å². The van der Waals surface area contributed by atoms with E-state index in [9.17, 15) is 0 Å². The maximum absolute atomic E-state index is 5.74. The van der Waals surface area contributed by atoms with Crippen LogP contribution in [0.3, 0.4) is 0 Å². The van der Waals surface area contributed by atoms with E-state index in [0.717, 1.165) is 31.2 Å². The van der Waals surface area contributed by atoms with Crippen molar-refractivity contribution in [1.82, 2.24) is 5.32 Å². The van der Waals surface area contributed by atoms with Gasteiger partial charge in [0.2, 0.25) is 0 Å². The van der Waals surface area contributed by atoms with Crippen LogP contribution in [0, 0.1) is 5.92 Å². The van der Waals surface area contributed by atoms with E-state index in [-0.39, 0.29) is 0 Å². The van der Waals surface area contributed by atoms with Crippen molar-refractivity contribution in [2.45, 2.75) is 5.92 Å². The summed E-state index contributed by atoms with van der Waals surface area (Å²) in [7, 11) is 1.70. The zero-order valence-electron chi connectivity index (χ0n) is 8.82. The molecule has 15 heavy (non-hydrogen) atoms. The first-order chi connectivity index (χ1) is 7.38. The van der Waals surface area contributed by atoms with Gasteiger partial charge in [0.1, 0.15) is 11.5 Å². The third-order valence-corrected chi connectivity index (χ3v) is 3.41.